The first-order chi connectivity index (χ1) is 14.7. The third kappa shape index (κ3) is 4.06. The second-order valence-electron chi connectivity index (χ2n) is 6.93. The number of carbonyl (C=O) groups excluding carboxylic acids is 1. The molecule has 3 heterocycles. The highest BCUT2D eigenvalue weighted by molar-refractivity contribution is 7.21. The number of aliphatic hydroxyl groups is 1. The van der Waals surface area contributed by atoms with Crippen LogP contribution in [0.25, 0.3) is 21.0 Å². The minimum absolute atomic E-state index is 0.141. The van der Waals surface area contributed by atoms with Gasteiger partial charge in [0.1, 0.15) is 5.76 Å². The number of para-hydroxylation sites is 1. The summed E-state index contributed by atoms with van der Waals surface area (Å²) >= 11 is 1.44. The Morgan fingerprint density at radius 3 is 2.71 bits per heavy atom. The molecule has 7 nitrogen and oxygen atoms in total. The van der Waals surface area contributed by atoms with Crippen LogP contribution in [0.15, 0.2) is 53.2 Å². The number of aromatic nitrogens is 3. The zero-order valence-electron chi connectivity index (χ0n) is 16.2. The van der Waals surface area contributed by atoms with Gasteiger partial charge in [0, 0.05) is 19.4 Å². The molecule has 0 saturated heterocycles. The van der Waals surface area contributed by atoms with E-state index in [-0.39, 0.29) is 6.54 Å². The van der Waals surface area contributed by atoms with Crippen LogP contribution in [0.1, 0.15) is 18.0 Å². The molecule has 1 aromatic carbocycles. The van der Waals surface area contributed by atoms with Crippen LogP contribution in [0.2, 0.25) is 0 Å². The summed E-state index contributed by atoms with van der Waals surface area (Å²) in [6.45, 7) is -0.141. The van der Waals surface area contributed by atoms with Crippen molar-refractivity contribution in [2.75, 3.05) is 0 Å². The second kappa shape index (κ2) is 7.82. The first-order valence-corrected chi connectivity index (χ1v) is 9.97. The number of alkyl halides is 3. The maximum Gasteiger partial charge on any atom is 0.425 e. The van der Waals surface area contributed by atoms with Crippen LogP contribution in [-0.2, 0) is 24.0 Å². The van der Waals surface area contributed by atoms with Gasteiger partial charge in [-0.3, -0.25) is 4.79 Å². The highest BCUT2D eigenvalue weighted by Crippen LogP contribution is 2.40. The van der Waals surface area contributed by atoms with Gasteiger partial charge in [0.25, 0.3) is 0 Å². The normalized spacial score (nSPS) is 14.0. The number of furan rings is 1. The van der Waals surface area contributed by atoms with Crippen molar-refractivity contribution >= 4 is 27.5 Å². The summed E-state index contributed by atoms with van der Waals surface area (Å²) in [5.41, 5.74) is -2.58. The predicted octanol–water partition coefficient (Wildman–Crippen LogP) is 3.75. The highest BCUT2D eigenvalue weighted by atomic mass is 32.1. The zero-order valence-corrected chi connectivity index (χ0v) is 17.0. The molecule has 0 bridgehead atoms. The number of nitrogens with zero attached hydrogens (tertiary/aromatic N) is 3. The van der Waals surface area contributed by atoms with Gasteiger partial charge >= 0.3 is 6.18 Å². The smallest absolute Gasteiger partial charge is 0.425 e. The Morgan fingerprint density at radius 2 is 2.03 bits per heavy atom. The van der Waals surface area contributed by atoms with Crippen molar-refractivity contribution in [2.45, 2.75) is 24.7 Å². The lowest BCUT2D eigenvalue weighted by Crippen LogP contribution is -2.47. The maximum absolute atomic E-state index is 13.5. The number of halogens is 3. The summed E-state index contributed by atoms with van der Waals surface area (Å²) in [5.74, 6) is -0.826. The minimum Gasteiger partial charge on any atom is -0.457 e. The monoisotopic (exact) mass is 450 g/mol. The Labute approximate surface area is 178 Å². The van der Waals surface area contributed by atoms with E-state index < -0.39 is 29.9 Å². The third-order valence-electron chi connectivity index (χ3n) is 4.70. The van der Waals surface area contributed by atoms with Gasteiger partial charge in [-0.1, -0.05) is 12.1 Å². The summed E-state index contributed by atoms with van der Waals surface area (Å²) < 4.78 is 48.3. The molecule has 31 heavy (non-hydrogen) atoms. The maximum atomic E-state index is 13.5. The van der Waals surface area contributed by atoms with E-state index in [0.717, 1.165) is 21.0 Å². The van der Waals surface area contributed by atoms with Gasteiger partial charge in [0.05, 0.1) is 23.2 Å². The van der Waals surface area contributed by atoms with Gasteiger partial charge in [-0.05, 0) is 24.3 Å². The van der Waals surface area contributed by atoms with Gasteiger partial charge in [0.15, 0.2) is 16.6 Å². The van der Waals surface area contributed by atoms with Gasteiger partial charge in [-0.25, -0.2) is 9.97 Å². The van der Waals surface area contributed by atoms with E-state index in [2.05, 4.69) is 15.3 Å². The number of fused-ring (bicyclic) bond motifs is 1. The Morgan fingerprint density at radius 1 is 1.26 bits per heavy atom. The van der Waals surface area contributed by atoms with E-state index in [1.165, 1.54) is 24.6 Å². The van der Waals surface area contributed by atoms with Crippen LogP contribution >= 0.6 is 11.3 Å². The Kier molecular flexibility index (Phi) is 5.31. The first-order valence-electron chi connectivity index (χ1n) is 9.15. The minimum atomic E-state index is -5.09. The number of thiazole rings is 1. The standard InChI is InChI=1S/C20H17F3N4O3S/c1-27-9-8-24-18(27)19(29,20(21,22)23)10-16(28)25-11-12-6-7-14(30-12)17-26-13-4-2-3-5-15(13)31-17/h2-9,29H,10-11H2,1H3,(H,25,28). The van der Waals surface area contributed by atoms with Crippen LogP contribution in [0.4, 0.5) is 13.2 Å². The largest absolute Gasteiger partial charge is 0.457 e. The fraction of sp³-hybridized carbons (Fsp3) is 0.250. The molecule has 1 amide bonds. The molecule has 11 heteroatoms. The lowest BCUT2D eigenvalue weighted by Gasteiger charge is -2.29. The molecule has 3 aromatic heterocycles. The molecular formula is C20H17F3N4O3S. The van der Waals surface area contributed by atoms with Crippen LogP contribution < -0.4 is 5.32 Å². The molecule has 162 valence electrons. The SMILES string of the molecule is Cn1ccnc1C(O)(CC(=O)NCc1ccc(-c2nc3ccccc3s2)o1)C(F)(F)F. The van der Waals surface area contributed by atoms with Crippen LogP contribution in [0.3, 0.4) is 0 Å². The molecular weight excluding hydrogens is 433 g/mol. The van der Waals surface area contributed by atoms with E-state index in [1.807, 2.05) is 24.3 Å². The highest BCUT2D eigenvalue weighted by Gasteiger charge is 2.58. The van der Waals surface area contributed by atoms with Gasteiger partial charge in [0.2, 0.25) is 11.5 Å². The van der Waals surface area contributed by atoms with Gasteiger partial charge in [-0.2, -0.15) is 13.2 Å². The molecule has 1 atom stereocenters. The van der Waals surface area contributed by atoms with Crippen LogP contribution in [0, 0.1) is 0 Å². The van der Waals surface area contributed by atoms with E-state index in [1.54, 1.807) is 12.1 Å². The van der Waals surface area contributed by atoms with Crippen molar-refractivity contribution < 1.29 is 27.5 Å². The summed E-state index contributed by atoms with van der Waals surface area (Å²) in [7, 11) is 1.31. The fourth-order valence-electron chi connectivity index (χ4n) is 3.12. The summed E-state index contributed by atoms with van der Waals surface area (Å²) in [4.78, 5) is 20.3. The Hall–Kier alpha value is -3.18. The number of benzene rings is 1. The number of carbonyl (C=O) groups is 1. The first kappa shape index (κ1) is 21.1. The molecule has 0 aliphatic rings. The van der Waals surface area contributed by atoms with Crippen molar-refractivity contribution in [2.24, 2.45) is 7.05 Å². The summed E-state index contributed by atoms with van der Waals surface area (Å²) in [5, 5.41) is 13.3. The topological polar surface area (TPSA) is 93.2 Å². The number of nitrogens with one attached hydrogen (secondary N) is 1. The number of hydrogen-bond acceptors (Lipinski definition) is 6. The molecule has 0 spiro atoms. The zero-order chi connectivity index (χ0) is 22.2. The van der Waals surface area contributed by atoms with Crippen molar-refractivity contribution in [1.29, 1.82) is 0 Å². The number of amides is 1. The quantitative estimate of drug-likeness (QED) is 0.467. The van der Waals surface area contributed by atoms with Crippen LogP contribution in [-0.4, -0.2) is 31.7 Å². The third-order valence-corrected chi connectivity index (χ3v) is 5.75. The molecule has 4 rings (SSSR count). The van der Waals surface area contributed by atoms with E-state index in [0.29, 0.717) is 16.5 Å². The molecule has 0 aliphatic heterocycles. The van der Waals surface area contributed by atoms with Crippen molar-refractivity contribution in [3.63, 3.8) is 0 Å². The lowest BCUT2D eigenvalue weighted by atomic mass is 9.97. The van der Waals surface area contributed by atoms with E-state index in [9.17, 15) is 23.1 Å². The van der Waals surface area contributed by atoms with Crippen molar-refractivity contribution in [3.8, 4) is 10.8 Å². The molecule has 2 N–H and O–H groups in total. The summed E-state index contributed by atoms with van der Waals surface area (Å²) in [6.07, 6.45) is -3.94. The second-order valence-corrected chi connectivity index (χ2v) is 7.96. The van der Waals surface area contributed by atoms with Crippen molar-refractivity contribution in [3.05, 3.63) is 60.4 Å². The average Bonchev–Trinajstić information content (AvgIpc) is 3.44. The molecule has 0 radical (unpaired) electrons. The number of aryl methyl sites for hydroxylation is 1. The number of imidazole rings is 1. The van der Waals surface area contributed by atoms with Crippen LogP contribution in [0.5, 0.6) is 0 Å². The average molecular weight is 450 g/mol. The molecule has 0 fully saturated rings. The number of rotatable bonds is 6. The van der Waals surface area contributed by atoms with Gasteiger partial charge in [-0.15, -0.1) is 11.3 Å². The lowest BCUT2D eigenvalue weighted by molar-refractivity contribution is -0.271. The number of hydrogen-bond donors (Lipinski definition) is 2. The molecule has 1 unspecified atom stereocenters. The fourth-order valence-corrected chi connectivity index (χ4v) is 4.04. The summed E-state index contributed by atoms with van der Waals surface area (Å²) in [6, 6.07) is 10.9. The predicted molar refractivity (Wildman–Crippen MR) is 107 cm³/mol. The Balaban J connectivity index is 1.44. The Bertz CT molecular complexity index is 1200. The molecule has 0 aliphatic carbocycles. The van der Waals surface area contributed by atoms with Crippen molar-refractivity contribution in [1.82, 2.24) is 19.9 Å². The molecule has 0 saturated carbocycles. The van der Waals surface area contributed by atoms with E-state index in [4.69, 9.17) is 4.42 Å². The van der Waals surface area contributed by atoms with E-state index >= 15 is 0 Å². The van der Waals surface area contributed by atoms with Gasteiger partial charge < -0.3 is 19.4 Å². The molecule has 4 aromatic rings.